The van der Waals surface area contributed by atoms with Crippen LogP contribution in [0.15, 0.2) is 73.2 Å². The van der Waals surface area contributed by atoms with E-state index < -0.39 is 0 Å². The number of likely N-dealkylation sites (tertiary alicyclic amines) is 1. The quantitative estimate of drug-likeness (QED) is 0.220. The second kappa shape index (κ2) is 12.1. The summed E-state index contributed by atoms with van der Waals surface area (Å²) in [5.74, 6) is 1.44. The summed E-state index contributed by atoms with van der Waals surface area (Å²) in [4.78, 5) is 28.4. The van der Waals surface area contributed by atoms with Crippen molar-refractivity contribution >= 4 is 45.6 Å². The number of ether oxygens (including phenoxy) is 2. The lowest BCUT2D eigenvalue weighted by Gasteiger charge is -2.17. The van der Waals surface area contributed by atoms with E-state index in [1.165, 1.54) is 6.33 Å². The largest absolute Gasteiger partial charge is 0.487 e. The minimum Gasteiger partial charge on any atom is -0.487 e. The zero-order chi connectivity index (χ0) is 28.2. The molecule has 1 aliphatic heterocycles. The molecule has 0 unspecified atom stereocenters. The molecule has 2 aliphatic rings. The lowest BCUT2D eigenvalue weighted by atomic mass is 10.1. The molecule has 1 aliphatic carbocycles. The van der Waals surface area contributed by atoms with Gasteiger partial charge < -0.3 is 20.1 Å². The van der Waals surface area contributed by atoms with Crippen molar-refractivity contribution in [2.45, 2.75) is 44.4 Å². The van der Waals surface area contributed by atoms with Gasteiger partial charge in [0.15, 0.2) is 5.75 Å². The molecule has 9 nitrogen and oxygen atoms in total. The van der Waals surface area contributed by atoms with E-state index in [1.807, 2.05) is 42.5 Å². The Kier molecular flexibility index (Phi) is 7.98. The number of anilines is 3. The Labute approximate surface area is 243 Å². The molecule has 0 bridgehead atoms. The van der Waals surface area contributed by atoms with E-state index in [0.717, 1.165) is 43.6 Å². The van der Waals surface area contributed by atoms with Crippen molar-refractivity contribution in [3.05, 3.63) is 83.9 Å². The summed E-state index contributed by atoms with van der Waals surface area (Å²) < 4.78 is 12.2. The number of hydrogen-bond acceptors (Lipinski definition) is 8. The van der Waals surface area contributed by atoms with Gasteiger partial charge in [0.2, 0.25) is 5.91 Å². The van der Waals surface area contributed by atoms with Gasteiger partial charge in [0, 0.05) is 24.0 Å². The molecule has 2 fully saturated rings. The Balaban J connectivity index is 1.25. The lowest BCUT2D eigenvalue weighted by molar-refractivity contribution is -0.112. The van der Waals surface area contributed by atoms with Crippen LogP contribution < -0.4 is 20.1 Å². The van der Waals surface area contributed by atoms with Gasteiger partial charge in [-0.15, -0.1) is 0 Å². The van der Waals surface area contributed by atoms with Gasteiger partial charge in [-0.1, -0.05) is 23.7 Å². The van der Waals surface area contributed by atoms with Gasteiger partial charge in [-0.25, -0.2) is 9.97 Å². The Hall–Kier alpha value is -4.21. The van der Waals surface area contributed by atoms with E-state index in [4.69, 9.17) is 21.1 Å². The third-order valence-corrected chi connectivity index (χ3v) is 7.46. The monoisotopic (exact) mass is 570 g/mol. The van der Waals surface area contributed by atoms with Gasteiger partial charge in [0.05, 0.1) is 33.4 Å². The van der Waals surface area contributed by atoms with Crippen molar-refractivity contribution in [2.75, 3.05) is 24.2 Å². The third kappa shape index (κ3) is 6.58. The number of carbonyl (C=O) groups is 1. The molecule has 2 N–H and O–H groups in total. The fraction of sp³-hybridized carbons (Fsp3) is 0.290. The van der Waals surface area contributed by atoms with Crippen LogP contribution in [0.2, 0.25) is 5.02 Å². The average molecular weight is 571 g/mol. The van der Waals surface area contributed by atoms with E-state index in [2.05, 4.69) is 37.5 Å². The van der Waals surface area contributed by atoms with E-state index in [1.54, 1.807) is 24.4 Å². The summed E-state index contributed by atoms with van der Waals surface area (Å²) in [7, 11) is 2.08. The van der Waals surface area contributed by atoms with Crippen LogP contribution >= 0.6 is 11.6 Å². The summed E-state index contributed by atoms with van der Waals surface area (Å²) in [6.07, 6.45) is 11.0. The number of nitrogens with one attached hydrogen (secondary N) is 2. The number of carbonyl (C=O) groups excluding carboxylic acids is 1. The normalized spacial score (nSPS) is 17.2. The summed E-state index contributed by atoms with van der Waals surface area (Å²) in [6.45, 7) is 1.36. The van der Waals surface area contributed by atoms with Crippen molar-refractivity contribution in [3.8, 4) is 11.5 Å². The molecule has 1 atom stereocenters. The Morgan fingerprint density at radius 3 is 2.78 bits per heavy atom. The highest BCUT2D eigenvalue weighted by atomic mass is 35.5. The number of pyridine rings is 1. The summed E-state index contributed by atoms with van der Waals surface area (Å²) >= 11 is 6.56. The molecule has 1 saturated heterocycles. The molecule has 41 heavy (non-hydrogen) atoms. The minimum absolute atomic E-state index is 0.0944. The number of benzene rings is 2. The molecule has 1 amide bonds. The molecule has 6 rings (SSSR count). The molecule has 3 heterocycles. The molecular formula is C31H31ClN6O3. The van der Waals surface area contributed by atoms with Crippen LogP contribution in [0.4, 0.5) is 17.2 Å². The first kappa shape index (κ1) is 27.0. The Morgan fingerprint density at radius 1 is 1.12 bits per heavy atom. The second-order valence-corrected chi connectivity index (χ2v) is 10.7. The van der Waals surface area contributed by atoms with E-state index in [9.17, 15) is 4.79 Å². The smallest absolute Gasteiger partial charge is 0.248 e. The molecule has 4 aromatic rings. The highest BCUT2D eigenvalue weighted by Gasteiger charge is 2.27. The van der Waals surface area contributed by atoms with Gasteiger partial charge >= 0.3 is 0 Å². The van der Waals surface area contributed by atoms with E-state index >= 15 is 0 Å². The number of rotatable bonds is 10. The van der Waals surface area contributed by atoms with Gasteiger partial charge in [-0.2, -0.15) is 0 Å². The first-order valence-corrected chi connectivity index (χ1v) is 14.1. The maximum Gasteiger partial charge on any atom is 0.248 e. The van der Waals surface area contributed by atoms with Gasteiger partial charge in [-0.3, -0.25) is 14.7 Å². The SMILES string of the molecule is CN1CCC[C@@H]1/C=C/C(=O)Nc1ccc2ncnc(Nc3ccc(OCc4ccccn4)c(Cl)c3)c2c1OC1CC1. The molecule has 0 spiro atoms. The third-order valence-electron chi connectivity index (χ3n) is 7.17. The minimum atomic E-state index is -0.204. The Bertz CT molecular complexity index is 1580. The maximum atomic E-state index is 12.9. The molecule has 2 aromatic carbocycles. The fourth-order valence-electron chi connectivity index (χ4n) is 4.81. The summed E-state index contributed by atoms with van der Waals surface area (Å²) in [5, 5.41) is 7.50. The van der Waals surface area contributed by atoms with Crippen LogP contribution in [0.3, 0.4) is 0 Å². The van der Waals surface area contributed by atoms with Crippen molar-refractivity contribution in [2.24, 2.45) is 0 Å². The topological polar surface area (TPSA) is 102 Å². The number of aromatic nitrogens is 3. The van der Waals surface area contributed by atoms with Crippen LogP contribution in [0.25, 0.3) is 10.9 Å². The Morgan fingerprint density at radius 2 is 2.02 bits per heavy atom. The van der Waals surface area contributed by atoms with E-state index in [-0.39, 0.29) is 18.1 Å². The first-order valence-electron chi connectivity index (χ1n) is 13.8. The van der Waals surface area contributed by atoms with Crippen LogP contribution in [0, 0.1) is 0 Å². The number of hydrogen-bond donors (Lipinski definition) is 2. The molecular weight excluding hydrogens is 540 g/mol. The van der Waals surface area contributed by atoms with Crippen molar-refractivity contribution in [1.82, 2.24) is 19.9 Å². The van der Waals surface area contributed by atoms with E-state index in [0.29, 0.717) is 45.5 Å². The first-order chi connectivity index (χ1) is 20.0. The predicted molar refractivity (Wildman–Crippen MR) is 160 cm³/mol. The number of likely N-dealkylation sites (N-methyl/N-ethyl adjacent to an activating group) is 1. The zero-order valence-corrected chi connectivity index (χ0v) is 23.5. The number of halogens is 1. The van der Waals surface area contributed by atoms with Gasteiger partial charge in [-0.05, 0) is 81.7 Å². The average Bonchev–Trinajstić information content (AvgIpc) is 3.71. The molecule has 0 radical (unpaired) electrons. The summed E-state index contributed by atoms with van der Waals surface area (Å²) in [5.41, 5.74) is 2.80. The fourth-order valence-corrected chi connectivity index (χ4v) is 5.04. The van der Waals surface area contributed by atoms with Crippen molar-refractivity contribution in [3.63, 3.8) is 0 Å². The standard InChI is InChI=1S/C31H31ClN6O3/c1-38-16-4-6-22(38)8-14-28(39)37-26-12-11-25-29(30(26)41-23-9-10-23)31(35-19-34-25)36-20-7-13-27(24(32)17-20)40-18-21-5-2-3-15-33-21/h2-3,5,7-8,11-15,17,19,22-23H,4,6,9-10,16,18H2,1H3,(H,37,39)(H,34,35,36)/b14-8+/t22-/m1/s1. The predicted octanol–water partition coefficient (Wildman–Crippen LogP) is 6.13. The van der Waals surface area contributed by atoms with Crippen LogP contribution in [0.5, 0.6) is 11.5 Å². The molecule has 1 saturated carbocycles. The maximum absolute atomic E-state index is 12.9. The lowest BCUT2D eigenvalue weighted by Crippen LogP contribution is -2.23. The van der Waals surface area contributed by atoms with Crippen LogP contribution in [0.1, 0.15) is 31.4 Å². The van der Waals surface area contributed by atoms with Crippen molar-refractivity contribution in [1.29, 1.82) is 0 Å². The zero-order valence-electron chi connectivity index (χ0n) is 22.7. The number of amides is 1. The van der Waals surface area contributed by atoms with Crippen LogP contribution in [-0.4, -0.2) is 51.5 Å². The summed E-state index contributed by atoms with van der Waals surface area (Å²) in [6, 6.07) is 15.1. The molecule has 2 aromatic heterocycles. The highest BCUT2D eigenvalue weighted by molar-refractivity contribution is 6.32. The van der Waals surface area contributed by atoms with Gasteiger partial charge in [0.25, 0.3) is 0 Å². The van der Waals surface area contributed by atoms with Crippen LogP contribution in [-0.2, 0) is 11.4 Å². The molecule has 210 valence electrons. The number of fused-ring (bicyclic) bond motifs is 1. The van der Waals surface area contributed by atoms with Gasteiger partial charge in [0.1, 0.15) is 24.5 Å². The highest BCUT2D eigenvalue weighted by Crippen LogP contribution is 2.41. The molecule has 10 heteroatoms. The number of nitrogens with zero attached hydrogens (tertiary/aromatic N) is 4. The van der Waals surface area contributed by atoms with Crippen molar-refractivity contribution < 1.29 is 14.3 Å². The second-order valence-electron chi connectivity index (χ2n) is 10.3.